The van der Waals surface area contributed by atoms with Crippen LogP contribution in [0.5, 0.6) is 5.75 Å². The predicted molar refractivity (Wildman–Crippen MR) is 132 cm³/mol. The van der Waals surface area contributed by atoms with E-state index in [0.717, 1.165) is 70.4 Å². The normalized spacial score (nSPS) is 18.7. The number of nitrogens with one attached hydrogen (secondary N) is 1. The summed E-state index contributed by atoms with van der Waals surface area (Å²) in [6, 6.07) is 9.80. The molecule has 2 aliphatic heterocycles. The number of rotatable bonds is 7. The first-order valence-corrected chi connectivity index (χ1v) is 10.9. The molecule has 0 bridgehead atoms. The van der Waals surface area contributed by atoms with Crippen LogP contribution in [0.25, 0.3) is 0 Å². The number of halogens is 1. The predicted octanol–water partition coefficient (Wildman–Crippen LogP) is 2.28. The molecule has 2 aliphatic rings. The summed E-state index contributed by atoms with van der Waals surface area (Å²) >= 11 is 0. The van der Waals surface area contributed by atoms with Gasteiger partial charge in [-0.1, -0.05) is 18.2 Å². The number of para-hydroxylation sites is 1. The molecule has 7 nitrogen and oxygen atoms in total. The van der Waals surface area contributed by atoms with Gasteiger partial charge in [-0.05, 0) is 38.8 Å². The fraction of sp³-hybridized carbons (Fsp3) is 0.636. The average Bonchev–Trinajstić information content (AvgIpc) is 3.31. The van der Waals surface area contributed by atoms with Gasteiger partial charge in [-0.25, -0.2) is 4.99 Å². The van der Waals surface area contributed by atoms with Crippen LogP contribution in [0.1, 0.15) is 26.7 Å². The number of guanidine groups is 1. The molecule has 1 aromatic carbocycles. The van der Waals surface area contributed by atoms with Gasteiger partial charge >= 0.3 is 0 Å². The number of carbonyl (C=O) groups is 1. The Morgan fingerprint density at radius 1 is 1.07 bits per heavy atom. The van der Waals surface area contributed by atoms with Gasteiger partial charge in [-0.2, -0.15) is 0 Å². The quantitative estimate of drug-likeness (QED) is 0.254. The minimum atomic E-state index is -0.0333. The van der Waals surface area contributed by atoms with Crippen molar-refractivity contribution in [1.29, 1.82) is 0 Å². The van der Waals surface area contributed by atoms with Gasteiger partial charge in [-0.15, -0.1) is 24.0 Å². The van der Waals surface area contributed by atoms with Crippen LogP contribution in [0, 0.1) is 0 Å². The number of amides is 1. The van der Waals surface area contributed by atoms with E-state index in [-0.39, 0.29) is 35.9 Å². The molecule has 0 aliphatic carbocycles. The second kappa shape index (κ2) is 13.0. The van der Waals surface area contributed by atoms with Gasteiger partial charge in [0.05, 0.1) is 12.6 Å². The van der Waals surface area contributed by atoms with Crippen LogP contribution in [0.3, 0.4) is 0 Å². The first-order valence-electron chi connectivity index (χ1n) is 10.9. The number of likely N-dealkylation sites (tertiary alicyclic amines) is 1. The van der Waals surface area contributed by atoms with Crippen molar-refractivity contribution < 1.29 is 9.53 Å². The van der Waals surface area contributed by atoms with Gasteiger partial charge in [0, 0.05) is 45.8 Å². The number of nitrogens with zero attached hydrogens (tertiary/aromatic N) is 4. The van der Waals surface area contributed by atoms with Gasteiger partial charge in [0.2, 0.25) is 5.91 Å². The molecule has 0 spiro atoms. The first-order chi connectivity index (χ1) is 14.2. The molecule has 1 atom stereocenters. The molecule has 168 valence electrons. The third-order valence-corrected chi connectivity index (χ3v) is 5.64. The van der Waals surface area contributed by atoms with Crippen LogP contribution in [0.4, 0.5) is 0 Å². The Kier molecular flexibility index (Phi) is 10.7. The number of carbonyl (C=O) groups excluding carboxylic acids is 1. The van der Waals surface area contributed by atoms with Crippen LogP contribution >= 0.6 is 24.0 Å². The molecular weight excluding hydrogens is 493 g/mol. The number of hydrogen-bond acceptors (Lipinski definition) is 4. The van der Waals surface area contributed by atoms with Crippen molar-refractivity contribution in [3.8, 4) is 5.75 Å². The summed E-state index contributed by atoms with van der Waals surface area (Å²) in [5.41, 5.74) is 0. The monoisotopic (exact) mass is 529 g/mol. The Morgan fingerprint density at radius 3 is 2.37 bits per heavy atom. The SMILES string of the molecule is CCNC(=NCCOc1ccccc1)N1CCN(C(C)C(=O)N2CCCC2)CC1.I. The number of benzene rings is 1. The van der Waals surface area contributed by atoms with E-state index < -0.39 is 0 Å². The summed E-state index contributed by atoms with van der Waals surface area (Å²) < 4.78 is 5.74. The zero-order valence-electron chi connectivity index (χ0n) is 18.3. The molecule has 0 radical (unpaired) electrons. The van der Waals surface area contributed by atoms with Gasteiger partial charge in [0.1, 0.15) is 12.4 Å². The maximum Gasteiger partial charge on any atom is 0.239 e. The van der Waals surface area contributed by atoms with E-state index in [0.29, 0.717) is 13.2 Å². The van der Waals surface area contributed by atoms with Gasteiger partial charge in [0.25, 0.3) is 0 Å². The average molecular weight is 529 g/mol. The smallest absolute Gasteiger partial charge is 0.239 e. The van der Waals surface area contributed by atoms with Crippen molar-refractivity contribution in [1.82, 2.24) is 20.0 Å². The molecule has 1 aromatic rings. The Labute approximate surface area is 197 Å². The third-order valence-electron chi connectivity index (χ3n) is 5.64. The molecule has 1 unspecified atom stereocenters. The van der Waals surface area contributed by atoms with E-state index in [1.807, 2.05) is 35.2 Å². The number of aliphatic imine (C=N–C) groups is 1. The minimum Gasteiger partial charge on any atom is -0.492 e. The largest absolute Gasteiger partial charge is 0.492 e. The van der Waals surface area contributed by atoms with Crippen LogP contribution in [0.2, 0.25) is 0 Å². The maximum atomic E-state index is 12.7. The van der Waals surface area contributed by atoms with Crippen LogP contribution < -0.4 is 10.1 Å². The van der Waals surface area contributed by atoms with E-state index in [1.165, 1.54) is 0 Å². The highest BCUT2D eigenvalue weighted by Crippen LogP contribution is 2.14. The molecule has 3 rings (SSSR count). The highest BCUT2D eigenvalue weighted by atomic mass is 127. The van der Waals surface area contributed by atoms with Crippen LogP contribution in [-0.4, -0.2) is 91.6 Å². The van der Waals surface area contributed by atoms with Gasteiger partial charge in [-0.3, -0.25) is 9.69 Å². The van der Waals surface area contributed by atoms with E-state index in [1.54, 1.807) is 0 Å². The van der Waals surface area contributed by atoms with E-state index in [2.05, 4.69) is 29.0 Å². The Bertz CT molecular complexity index is 659. The molecule has 2 fully saturated rings. The molecular formula is C22H36IN5O2. The summed E-state index contributed by atoms with van der Waals surface area (Å²) in [5.74, 6) is 2.09. The molecule has 1 amide bonds. The van der Waals surface area contributed by atoms with Gasteiger partial charge in [0.15, 0.2) is 5.96 Å². The van der Waals surface area contributed by atoms with Crippen LogP contribution in [-0.2, 0) is 4.79 Å². The maximum absolute atomic E-state index is 12.7. The van der Waals surface area contributed by atoms with E-state index >= 15 is 0 Å². The molecule has 8 heteroatoms. The second-order valence-corrected chi connectivity index (χ2v) is 7.63. The summed E-state index contributed by atoms with van der Waals surface area (Å²) in [6.45, 7) is 11.5. The molecule has 2 heterocycles. The number of piperazine rings is 1. The number of ether oxygens (including phenoxy) is 1. The summed E-state index contributed by atoms with van der Waals surface area (Å²) in [4.78, 5) is 24.0. The zero-order valence-corrected chi connectivity index (χ0v) is 20.6. The standard InChI is InChI=1S/C22H35N5O2.HI/c1-3-23-22(24-11-18-29-20-9-5-4-6-10-20)27-16-14-25(15-17-27)19(2)21(28)26-12-7-8-13-26;/h4-6,9-10,19H,3,7-8,11-18H2,1-2H3,(H,23,24);1H. The molecule has 0 aromatic heterocycles. The Morgan fingerprint density at radius 2 is 1.73 bits per heavy atom. The lowest BCUT2D eigenvalue weighted by molar-refractivity contribution is -0.135. The zero-order chi connectivity index (χ0) is 20.5. The molecule has 2 saturated heterocycles. The second-order valence-electron chi connectivity index (χ2n) is 7.63. The van der Waals surface area contributed by atoms with Crippen molar-refractivity contribution in [2.24, 2.45) is 4.99 Å². The topological polar surface area (TPSA) is 60.4 Å². The highest BCUT2D eigenvalue weighted by Gasteiger charge is 2.30. The molecule has 1 N–H and O–H groups in total. The fourth-order valence-electron chi connectivity index (χ4n) is 3.94. The highest BCUT2D eigenvalue weighted by molar-refractivity contribution is 14.0. The lowest BCUT2D eigenvalue weighted by atomic mass is 10.2. The summed E-state index contributed by atoms with van der Waals surface area (Å²) in [6.07, 6.45) is 2.28. The lowest BCUT2D eigenvalue weighted by Gasteiger charge is -2.39. The van der Waals surface area contributed by atoms with Crippen molar-refractivity contribution in [2.75, 3.05) is 59.0 Å². The van der Waals surface area contributed by atoms with Crippen molar-refractivity contribution in [3.63, 3.8) is 0 Å². The summed E-state index contributed by atoms with van der Waals surface area (Å²) in [7, 11) is 0. The van der Waals surface area contributed by atoms with E-state index in [4.69, 9.17) is 9.73 Å². The molecule has 0 saturated carbocycles. The molecule has 30 heavy (non-hydrogen) atoms. The van der Waals surface area contributed by atoms with Crippen molar-refractivity contribution in [2.45, 2.75) is 32.7 Å². The van der Waals surface area contributed by atoms with Gasteiger partial charge < -0.3 is 19.9 Å². The summed E-state index contributed by atoms with van der Waals surface area (Å²) in [5, 5.41) is 3.39. The van der Waals surface area contributed by atoms with E-state index in [9.17, 15) is 4.79 Å². The first kappa shape index (κ1) is 24.7. The Hall–Kier alpha value is -1.55. The van der Waals surface area contributed by atoms with Crippen molar-refractivity contribution >= 4 is 35.8 Å². The Balaban J connectivity index is 0.00000320. The minimum absolute atomic E-state index is 0. The lowest BCUT2D eigenvalue weighted by Crippen LogP contribution is -2.57. The fourth-order valence-corrected chi connectivity index (χ4v) is 3.94. The third kappa shape index (κ3) is 7.01. The van der Waals surface area contributed by atoms with Crippen LogP contribution in [0.15, 0.2) is 35.3 Å². The number of hydrogen-bond donors (Lipinski definition) is 1. The van der Waals surface area contributed by atoms with Crippen molar-refractivity contribution in [3.05, 3.63) is 30.3 Å².